The molecule has 0 radical (unpaired) electrons. The number of rotatable bonds is 7. The van der Waals surface area contributed by atoms with E-state index in [4.69, 9.17) is 4.74 Å². The molecule has 2 N–H and O–H groups in total. The highest BCUT2D eigenvalue weighted by atomic mass is 16.6. The maximum Gasteiger partial charge on any atom is 0.417 e. The van der Waals surface area contributed by atoms with Crippen LogP contribution in [0.3, 0.4) is 0 Å². The van der Waals surface area contributed by atoms with E-state index in [2.05, 4.69) is 10.6 Å². The molecule has 2 aromatic carbocycles. The average Bonchev–Trinajstić information content (AvgIpc) is 3.01. The summed E-state index contributed by atoms with van der Waals surface area (Å²) in [6.45, 7) is 0.236. The second kappa shape index (κ2) is 8.84. The summed E-state index contributed by atoms with van der Waals surface area (Å²) in [5.74, 6) is -0.410. The number of nitrogens with one attached hydrogen (secondary N) is 2. The van der Waals surface area contributed by atoms with Crippen molar-refractivity contribution in [1.82, 2.24) is 15.5 Å². The Bertz CT molecular complexity index is 779. The molecule has 3 rings (SSSR count). The summed E-state index contributed by atoms with van der Waals surface area (Å²) >= 11 is 0. The molecule has 0 aromatic heterocycles. The molecule has 140 valence electrons. The summed E-state index contributed by atoms with van der Waals surface area (Å²) in [5.41, 5.74) is 1.92. The van der Waals surface area contributed by atoms with Gasteiger partial charge >= 0.3 is 12.1 Å². The number of cyclic esters (lactones) is 1. The molecule has 1 heterocycles. The van der Waals surface area contributed by atoms with Crippen LogP contribution in [-0.4, -0.2) is 42.6 Å². The molecule has 27 heavy (non-hydrogen) atoms. The summed E-state index contributed by atoms with van der Waals surface area (Å²) in [4.78, 5) is 36.9. The van der Waals surface area contributed by atoms with Crippen molar-refractivity contribution in [2.45, 2.75) is 12.5 Å². The molecule has 1 aliphatic heterocycles. The number of benzene rings is 2. The van der Waals surface area contributed by atoms with Gasteiger partial charge in [-0.2, -0.15) is 0 Å². The Balaban J connectivity index is 1.60. The molecule has 1 unspecified atom stereocenters. The van der Waals surface area contributed by atoms with Gasteiger partial charge in [0.05, 0.1) is 12.6 Å². The molecule has 0 spiro atoms. The first-order valence-electron chi connectivity index (χ1n) is 8.74. The van der Waals surface area contributed by atoms with Gasteiger partial charge in [-0.25, -0.2) is 14.5 Å². The van der Waals surface area contributed by atoms with Gasteiger partial charge in [-0.15, -0.1) is 0 Å². The number of hydrogen-bond acceptors (Lipinski definition) is 4. The van der Waals surface area contributed by atoms with Crippen LogP contribution in [0.1, 0.15) is 17.2 Å². The minimum absolute atomic E-state index is 0.0216. The van der Waals surface area contributed by atoms with Crippen molar-refractivity contribution >= 4 is 18.0 Å². The fourth-order valence-electron chi connectivity index (χ4n) is 2.83. The first kappa shape index (κ1) is 18.4. The van der Waals surface area contributed by atoms with Gasteiger partial charge in [0, 0.05) is 6.54 Å². The Labute approximate surface area is 157 Å². The molecule has 7 heteroatoms. The Kier molecular flexibility index (Phi) is 6.04. The Hall–Kier alpha value is -3.35. The minimum Gasteiger partial charge on any atom is -0.439 e. The highest BCUT2D eigenvalue weighted by Crippen LogP contribution is 2.17. The molecule has 2 aromatic rings. The van der Waals surface area contributed by atoms with Crippen molar-refractivity contribution in [3.8, 4) is 0 Å². The van der Waals surface area contributed by atoms with Crippen molar-refractivity contribution in [2.24, 2.45) is 0 Å². The Morgan fingerprint density at radius 1 is 1.04 bits per heavy atom. The second-order valence-corrected chi connectivity index (χ2v) is 6.16. The predicted molar refractivity (Wildman–Crippen MR) is 98.9 cm³/mol. The van der Waals surface area contributed by atoms with Gasteiger partial charge in [-0.1, -0.05) is 60.7 Å². The third-order valence-electron chi connectivity index (χ3n) is 4.26. The van der Waals surface area contributed by atoms with Crippen LogP contribution in [0.25, 0.3) is 0 Å². The zero-order chi connectivity index (χ0) is 19.1. The van der Waals surface area contributed by atoms with E-state index in [1.165, 1.54) is 0 Å². The highest BCUT2D eigenvalue weighted by molar-refractivity contribution is 5.97. The molecule has 0 bridgehead atoms. The summed E-state index contributed by atoms with van der Waals surface area (Å²) in [6, 6.07) is 18.1. The van der Waals surface area contributed by atoms with Gasteiger partial charge < -0.3 is 15.4 Å². The average molecular weight is 367 g/mol. The lowest BCUT2D eigenvalue weighted by atomic mass is 10.1. The number of urea groups is 1. The standard InChI is InChI=1S/C20H21N3O4/c24-18-14-27-20(26)23(18)13-17(16-9-5-2-6-10-16)22-19(25)21-12-11-15-7-3-1-4-8-15/h1-10,17H,11-14H2,(H2,21,22,25). The van der Waals surface area contributed by atoms with Gasteiger partial charge in [-0.3, -0.25) is 4.79 Å². The number of imide groups is 1. The molecular formula is C20H21N3O4. The summed E-state index contributed by atoms with van der Waals surface area (Å²) in [5, 5.41) is 5.64. The van der Waals surface area contributed by atoms with Crippen LogP contribution < -0.4 is 10.6 Å². The van der Waals surface area contributed by atoms with Crippen LogP contribution in [-0.2, 0) is 16.0 Å². The predicted octanol–water partition coefficient (Wildman–Crippen LogP) is 2.25. The zero-order valence-corrected chi connectivity index (χ0v) is 14.8. The van der Waals surface area contributed by atoms with Crippen LogP contribution >= 0.6 is 0 Å². The molecule has 1 aliphatic rings. The summed E-state index contributed by atoms with van der Waals surface area (Å²) < 4.78 is 4.74. The van der Waals surface area contributed by atoms with E-state index in [0.717, 1.165) is 16.0 Å². The minimum atomic E-state index is -0.688. The van der Waals surface area contributed by atoms with Crippen LogP contribution in [0.15, 0.2) is 60.7 Å². The fourth-order valence-corrected chi connectivity index (χ4v) is 2.83. The molecule has 4 amide bonds. The van der Waals surface area contributed by atoms with E-state index in [0.29, 0.717) is 13.0 Å². The van der Waals surface area contributed by atoms with Gasteiger partial charge in [0.2, 0.25) is 0 Å². The van der Waals surface area contributed by atoms with Gasteiger partial charge in [0.1, 0.15) is 0 Å². The summed E-state index contributed by atoms with van der Waals surface area (Å²) in [6.07, 6.45) is 0.0218. The molecule has 1 fully saturated rings. The topological polar surface area (TPSA) is 87.7 Å². The van der Waals surface area contributed by atoms with E-state index < -0.39 is 18.0 Å². The number of ether oxygens (including phenoxy) is 1. The Morgan fingerprint density at radius 2 is 1.70 bits per heavy atom. The maximum absolute atomic E-state index is 12.3. The number of carbonyl (C=O) groups excluding carboxylic acids is 3. The first-order valence-corrected chi connectivity index (χ1v) is 8.74. The third-order valence-corrected chi connectivity index (χ3v) is 4.26. The van der Waals surface area contributed by atoms with Crippen molar-refractivity contribution in [2.75, 3.05) is 19.7 Å². The van der Waals surface area contributed by atoms with Crippen molar-refractivity contribution in [3.63, 3.8) is 0 Å². The zero-order valence-electron chi connectivity index (χ0n) is 14.8. The molecule has 0 saturated carbocycles. The van der Waals surface area contributed by atoms with Crippen molar-refractivity contribution < 1.29 is 19.1 Å². The Morgan fingerprint density at radius 3 is 2.33 bits per heavy atom. The van der Waals surface area contributed by atoms with Gasteiger partial charge in [-0.05, 0) is 17.5 Å². The van der Waals surface area contributed by atoms with Crippen LogP contribution in [0.2, 0.25) is 0 Å². The first-order chi connectivity index (χ1) is 13.1. The number of hydrogen-bond donors (Lipinski definition) is 2. The molecule has 1 saturated heterocycles. The summed E-state index contributed by atoms with van der Waals surface area (Å²) in [7, 11) is 0. The van der Waals surface area contributed by atoms with Crippen LogP contribution in [0.4, 0.5) is 9.59 Å². The molecule has 7 nitrogen and oxygen atoms in total. The fraction of sp³-hybridized carbons (Fsp3) is 0.250. The SMILES string of the molecule is O=C(NCCc1ccccc1)NC(CN1C(=O)COC1=O)c1ccccc1. The largest absolute Gasteiger partial charge is 0.439 e. The van der Waals surface area contributed by atoms with Crippen molar-refractivity contribution in [3.05, 3.63) is 71.8 Å². The van der Waals surface area contributed by atoms with Gasteiger partial charge in [0.15, 0.2) is 6.61 Å². The third kappa shape index (κ3) is 5.07. The lowest BCUT2D eigenvalue weighted by molar-refractivity contribution is -0.126. The second-order valence-electron chi connectivity index (χ2n) is 6.16. The normalized spacial score (nSPS) is 14.6. The van der Waals surface area contributed by atoms with E-state index >= 15 is 0 Å². The lowest BCUT2D eigenvalue weighted by Crippen LogP contribution is -2.44. The number of amides is 4. The van der Waals surface area contributed by atoms with Crippen LogP contribution in [0, 0.1) is 0 Å². The number of carbonyl (C=O) groups is 3. The lowest BCUT2D eigenvalue weighted by Gasteiger charge is -2.23. The molecular weight excluding hydrogens is 346 g/mol. The number of nitrogens with zero attached hydrogens (tertiary/aromatic N) is 1. The van der Waals surface area contributed by atoms with Crippen molar-refractivity contribution in [1.29, 1.82) is 0 Å². The quantitative estimate of drug-likeness (QED) is 0.786. The van der Waals surface area contributed by atoms with E-state index in [1.54, 1.807) is 0 Å². The monoisotopic (exact) mass is 367 g/mol. The van der Waals surface area contributed by atoms with E-state index in [9.17, 15) is 14.4 Å². The van der Waals surface area contributed by atoms with E-state index in [-0.39, 0.29) is 19.2 Å². The van der Waals surface area contributed by atoms with E-state index in [1.807, 2.05) is 60.7 Å². The molecule has 0 aliphatic carbocycles. The van der Waals surface area contributed by atoms with Gasteiger partial charge in [0.25, 0.3) is 5.91 Å². The smallest absolute Gasteiger partial charge is 0.417 e. The van der Waals surface area contributed by atoms with Crippen LogP contribution in [0.5, 0.6) is 0 Å². The highest BCUT2D eigenvalue weighted by Gasteiger charge is 2.33. The molecule has 1 atom stereocenters. The maximum atomic E-state index is 12.3.